The van der Waals surface area contributed by atoms with Crippen LogP contribution in [0.3, 0.4) is 0 Å². The lowest BCUT2D eigenvalue weighted by atomic mass is 10.1. The summed E-state index contributed by atoms with van der Waals surface area (Å²) in [6.45, 7) is 3.85. The van der Waals surface area contributed by atoms with E-state index < -0.39 is 12.2 Å². The third kappa shape index (κ3) is 5.87. The second-order valence-corrected chi connectivity index (χ2v) is 5.83. The molecule has 0 bridgehead atoms. The van der Waals surface area contributed by atoms with Gasteiger partial charge in [-0.15, -0.1) is 0 Å². The van der Waals surface area contributed by atoms with Crippen LogP contribution in [0.1, 0.15) is 31.9 Å². The van der Waals surface area contributed by atoms with Crippen molar-refractivity contribution in [2.75, 3.05) is 11.5 Å². The van der Waals surface area contributed by atoms with E-state index in [1.54, 1.807) is 36.9 Å². The average molecular weight is 291 g/mol. The highest BCUT2D eigenvalue weighted by atomic mass is 32.2. The topological polar surface area (TPSA) is 12.0 Å². The highest BCUT2D eigenvalue weighted by Crippen LogP contribution is 2.33. The first-order valence-corrected chi connectivity index (χ1v) is 7.56. The molecule has 1 rings (SSSR count). The minimum absolute atomic E-state index is 0.161. The van der Waals surface area contributed by atoms with Crippen LogP contribution in [0.15, 0.2) is 30.3 Å². The van der Waals surface area contributed by atoms with Crippen LogP contribution in [-0.4, -0.2) is 23.7 Å². The van der Waals surface area contributed by atoms with Crippen molar-refractivity contribution in [2.45, 2.75) is 38.5 Å². The average Bonchev–Trinajstić information content (AvgIpc) is 2.36. The molecular formula is C14H20F3NS. The molecule has 0 spiro atoms. The molecule has 0 aliphatic carbocycles. The van der Waals surface area contributed by atoms with Gasteiger partial charge in [-0.05, 0) is 30.4 Å². The lowest BCUT2D eigenvalue weighted by molar-refractivity contribution is -0.159. The Balaban J connectivity index is 2.66. The van der Waals surface area contributed by atoms with Crippen molar-refractivity contribution < 1.29 is 13.2 Å². The molecule has 19 heavy (non-hydrogen) atoms. The van der Waals surface area contributed by atoms with Crippen molar-refractivity contribution >= 4 is 11.8 Å². The van der Waals surface area contributed by atoms with Gasteiger partial charge >= 0.3 is 6.18 Å². The highest BCUT2D eigenvalue weighted by molar-refractivity contribution is 7.99. The number of hydrogen-bond acceptors (Lipinski definition) is 2. The zero-order valence-corrected chi connectivity index (χ0v) is 12.0. The summed E-state index contributed by atoms with van der Waals surface area (Å²) in [7, 11) is 0. The SMILES string of the molecule is CCSCCC(C)NC(c1ccccc1)C(F)(F)F. The Morgan fingerprint density at radius 3 is 2.37 bits per heavy atom. The van der Waals surface area contributed by atoms with Crippen molar-refractivity contribution in [3.63, 3.8) is 0 Å². The van der Waals surface area contributed by atoms with Gasteiger partial charge in [-0.25, -0.2) is 0 Å². The fraction of sp³-hybridized carbons (Fsp3) is 0.571. The summed E-state index contributed by atoms with van der Waals surface area (Å²) in [5.41, 5.74) is 0.269. The van der Waals surface area contributed by atoms with Crippen LogP contribution >= 0.6 is 11.8 Å². The Bertz CT molecular complexity index is 353. The quantitative estimate of drug-likeness (QED) is 0.747. The van der Waals surface area contributed by atoms with Crippen molar-refractivity contribution in [1.82, 2.24) is 5.32 Å². The van der Waals surface area contributed by atoms with Gasteiger partial charge in [0, 0.05) is 6.04 Å². The molecule has 0 saturated heterocycles. The lowest BCUT2D eigenvalue weighted by Crippen LogP contribution is -2.39. The molecule has 1 aromatic carbocycles. The van der Waals surface area contributed by atoms with Crippen LogP contribution in [0.2, 0.25) is 0 Å². The van der Waals surface area contributed by atoms with Gasteiger partial charge in [0.05, 0.1) is 0 Å². The van der Waals surface area contributed by atoms with Gasteiger partial charge < -0.3 is 0 Å². The molecule has 2 atom stereocenters. The molecule has 1 nitrogen and oxygen atoms in total. The Morgan fingerprint density at radius 1 is 1.21 bits per heavy atom. The van der Waals surface area contributed by atoms with E-state index in [9.17, 15) is 13.2 Å². The molecule has 0 aliphatic rings. The number of nitrogens with one attached hydrogen (secondary N) is 1. The van der Waals surface area contributed by atoms with Crippen LogP contribution in [0.5, 0.6) is 0 Å². The molecule has 0 fully saturated rings. The van der Waals surface area contributed by atoms with Crippen molar-refractivity contribution in [1.29, 1.82) is 0 Å². The van der Waals surface area contributed by atoms with Crippen LogP contribution in [0, 0.1) is 0 Å². The second-order valence-electron chi connectivity index (χ2n) is 4.44. The highest BCUT2D eigenvalue weighted by Gasteiger charge is 2.41. The molecule has 1 aromatic rings. The van der Waals surface area contributed by atoms with Gasteiger partial charge in [-0.2, -0.15) is 24.9 Å². The Kier molecular flexibility index (Phi) is 6.72. The number of alkyl halides is 3. The summed E-state index contributed by atoms with van der Waals surface area (Å²) in [6, 6.07) is 6.26. The minimum Gasteiger partial charge on any atom is -0.300 e. The standard InChI is InChI=1S/C14H20F3NS/c1-3-19-10-9-11(2)18-13(14(15,16)17)12-7-5-4-6-8-12/h4-8,11,13,18H,3,9-10H2,1-2H3. The number of rotatable bonds is 7. The molecule has 0 aromatic heterocycles. The molecule has 0 heterocycles. The van der Waals surface area contributed by atoms with Gasteiger partial charge in [0.25, 0.3) is 0 Å². The van der Waals surface area contributed by atoms with Crippen molar-refractivity contribution in [3.8, 4) is 0 Å². The van der Waals surface area contributed by atoms with Crippen LogP contribution in [-0.2, 0) is 0 Å². The zero-order valence-electron chi connectivity index (χ0n) is 11.2. The fourth-order valence-electron chi connectivity index (χ4n) is 1.80. The first kappa shape index (κ1) is 16.4. The molecule has 2 unspecified atom stereocenters. The van der Waals surface area contributed by atoms with E-state index >= 15 is 0 Å². The second kappa shape index (κ2) is 7.80. The molecule has 1 N–H and O–H groups in total. The molecule has 108 valence electrons. The summed E-state index contributed by atoms with van der Waals surface area (Å²) < 4.78 is 39.3. The fourth-order valence-corrected chi connectivity index (χ4v) is 2.61. The monoisotopic (exact) mass is 291 g/mol. The largest absolute Gasteiger partial charge is 0.407 e. The summed E-state index contributed by atoms with van der Waals surface area (Å²) in [4.78, 5) is 0. The number of hydrogen-bond donors (Lipinski definition) is 1. The van der Waals surface area contributed by atoms with Gasteiger partial charge in [-0.3, -0.25) is 5.32 Å². The minimum atomic E-state index is -4.27. The number of benzene rings is 1. The van der Waals surface area contributed by atoms with Gasteiger partial charge in [0.2, 0.25) is 0 Å². The van der Waals surface area contributed by atoms with E-state index in [0.717, 1.165) is 17.9 Å². The van der Waals surface area contributed by atoms with E-state index in [0.29, 0.717) is 0 Å². The molecular weight excluding hydrogens is 271 g/mol. The Labute approximate surface area is 117 Å². The molecule has 0 radical (unpaired) electrons. The van der Waals surface area contributed by atoms with E-state index in [4.69, 9.17) is 0 Å². The summed E-state index contributed by atoms with van der Waals surface area (Å²) >= 11 is 1.75. The predicted molar refractivity (Wildman–Crippen MR) is 75.5 cm³/mol. The zero-order chi connectivity index (χ0) is 14.3. The third-order valence-electron chi connectivity index (χ3n) is 2.81. The van der Waals surface area contributed by atoms with Gasteiger partial charge in [0.15, 0.2) is 0 Å². The first-order chi connectivity index (χ1) is 8.95. The van der Waals surface area contributed by atoms with E-state index in [1.807, 2.05) is 6.92 Å². The number of halogens is 3. The molecule has 5 heteroatoms. The predicted octanol–water partition coefficient (Wildman–Crippen LogP) is 4.41. The van der Waals surface area contributed by atoms with E-state index in [-0.39, 0.29) is 11.6 Å². The summed E-state index contributed by atoms with van der Waals surface area (Å²) in [6.07, 6.45) is -3.54. The maximum atomic E-state index is 13.1. The Hall–Kier alpha value is -0.680. The summed E-state index contributed by atoms with van der Waals surface area (Å²) in [5.74, 6) is 1.87. The van der Waals surface area contributed by atoms with Crippen LogP contribution in [0.25, 0.3) is 0 Å². The van der Waals surface area contributed by atoms with Gasteiger partial charge in [0.1, 0.15) is 6.04 Å². The van der Waals surface area contributed by atoms with E-state index in [1.165, 1.54) is 12.1 Å². The Morgan fingerprint density at radius 2 is 1.84 bits per heavy atom. The van der Waals surface area contributed by atoms with Crippen LogP contribution in [0.4, 0.5) is 13.2 Å². The molecule has 0 aliphatic heterocycles. The normalized spacial score (nSPS) is 15.2. The smallest absolute Gasteiger partial charge is 0.300 e. The molecule has 0 saturated carbocycles. The van der Waals surface area contributed by atoms with Gasteiger partial charge in [-0.1, -0.05) is 37.3 Å². The first-order valence-electron chi connectivity index (χ1n) is 6.40. The van der Waals surface area contributed by atoms with Crippen molar-refractivity contribution in [3.05, 3.63) is 35.9 Å². The van der Waals surface area contributed by atoms with Crippen LogP contribution < -0.4 is 5.32 Å². The summed E-state index contributed by atoms with van der Waals surface area (Å²) in [5, 5.41) is 2.69. The lowest BCUT2D eigenvalue weighted by Gasteiger charge is -2.26. The molecule has 0 amide bonds. The van der Waals surface area contributed by atoms with Crippen molar-refractivity contribution in [2.24, 2.45) is 0 Å². The maximum Gasteiger partial charge on any atom is 0.407 e. The third-order valence-corrected chi connectivity index (χ3v) is 3.74. The van der Waals surface area contributed by atoms with E-state index in [2.05, 4.69) is 5.32 Å². The maximum absolute atomic E-state index is 13.1. The number of thioether (sulfide) groups is 1.